The fourth-order valence-corrected chi connectivity index (χ4v) is 3.29. The number of para-hydroxylation sites is 1. The molecule has 26 heavy (non-hydrogen) atoms. The van der Waals surface area contributed by atoms with E-state index in [1.54, 1.807) is 12.0 Å². The second kappa shape index (κ2) is 6.99. The van der Waals surface area contributed by atoms with Gasteiger partial charge in [0.05, 0.1) is 18.2 Å². The highest BCUT2D eigenvalue weighted by Crippen LogP contribution is 2.35. The molecule has 7 nitrogen and oxygen atoms in total. The molecule has 0 aliphatic carbocycles. The highest BCUT2D eigenvalue weighted by Gasteiger charge is 2.36. The molecule has 1 aromatic rings. The Morgan fingerprint density at radius 3 is 2.50 bits per heavy atom. The molecule has 140 valence electrons. The number of carbonyl (C=O) groups excluding carboxylic acids is 2. The Balaban J connectivity index is 1.70. The van der Waals surface area contributed by atoms with Crippen molar-refractivity contribution in [2.24, 2.45) is 5.73 Å². The van der Waals surface area contributed by atoms with Gasteiger partial charge in [-0.1, -0.05) is 12.1 Å². The monoisotopic (exact) mass is 359 g/mol. The molecule has 2 aliphatic rings. The van der Waals surface area contributed by atoms with Gasteiger partial charge in [0.25, 0.3) is 5.91 Å². The van der Waals surface area contributed by atoms with Gasteiger partial charge >= 0.3 is 0 Å². The normalized spacial score (nSPS) is 17.8. The summed E-state index contributed by atoms with van der Waals surface area (Å²) in [5, 5.41) is 0. The zero-order valence-electron chi connectivity index (χ0n) is 15.4. The van der Waals surface area contributed by atoms with Crippen LogP contribution in [0.15, 0.2) is 23.8 Å². The molecule has 1 saturated heterocycles. The van der Waals surface area contributed by atoms with Crippen LogP contribution in [0.4, 0.5) is 0 Å². The van der Waals surface area contributed by atoms with Crippen molar-refractivity contribution in [2.75, 3.05) is 39.9 Å². The van der Waals surface area contributed by atoms with Crippen molar-refractivity contribution < 1.29 is 19.1 Å². The van der Waals surface area contributed by atoms with Crippen LogP contribution >= 0.6 is 0 Å². The van der Waals surface area contributed by atoms with E-state index in [1.165, 1.54) is 0 Å². The molecule has 0 bridgehead atoms. The molecule has 0 aromatic heterocycles. The number of benzene rings is 1. The van der Waals surface area contributed by atoms with Crippen LogP contribution in [0.25, 0.3) is 6.08 Å². The van der Waals surface area contributed by atoms with E-state index in [2.05, 4.69) is 0 Å². The van der Waals surface area contributed by atoms with Crippen molar-refractivity contribution >= 4 is 17.9 Å². The summed E-state index contributed by atoms with van der Waals surface area (Å²) in [5.41, 5.74) is 6.23. The van der Waals surface area contributed by atoms with Gasteiger partial charge in [-0.05, 0) is 26.0 Å². The van der Waals surface area contributed by atoms with E-state index >= 15 is 0 Å². The molecule has 0 unspecified atom stereocenters. The lowest BCUT2D eigenvalue weighted by molar-refractivity contribution is -0.133. The molecule has 7 heteroatoms. The van der Waals surface area contributed by atoms with Gasteiger partial charge in [0, 0.05) is 31.7 Å². The lowest BCUT2D eigenvalue weighted by atomic mass is 10.0. The number of hydrogen-bond donors (Lipinski definition) is 1. The first-order valence-electron chi connectivity index (χ1n) is 8.69. The van der Waals surface area contributed by atoms with Crippen LogP contribution in [0.1, 0.15) is 19.4 Å². The SMILES string of the molecule is COc1cccc2c1OCC(C(=O)N1CCN(C(C)(C)C(N)=O)CC1)=C2. The summed E-state index contributed by atoms with van der Waals surface area (Å²) in [6, 6.07) is 5.60. The van der Waals surface area contributed by atoms with Gasteiger partial charge in [-0.2, -0.15) is 0 Å². The largest absolute Gasteiger partial charge is 0.493 e. The molecule has 2 heterocycles. The molecule has 2 aliphatic heterocycles. The Bertz CT molecular complexity index is 749. The molecular weight excluding hydrogens is 334 g/mol. The molecule has 3 rings (SSSR count). The number of rotatable bonds is 4. The minimum atomic E-state index is -0.710. The summed E-state index contributed by atoms with van der Waals surface area (Å²) >= 11 is 0. The zero-order chi connectivity index (χ0) is 18.9. The number of carbonyl (C=O) groups is 2. The molecule has 1 aromatic carbocycles. The maximum atomic E-state index is 12.8. The van der Waals surface area contributed by atoms with Gasteiger partial charge in [0.2, 0.25) is 5.91 Å². The first-order valence-corrected chi connectivity index (χ1v) is 8.69. The van der Waals surface area contributed by atoms with E-state index < -0.39 is 5.54 Å². The molecule has 0 spiro atoms. The maximum absolute atomic E-state index is 12.8. The number of nitrogens with zero attached hydrogens (tertiary/aromatic N) is 2. The van der Waals surface area contributed by atoms with Gasteiger partial charge in [-0.15, -0.1) is 0 Å². The smallest absolute Gasteiger partial charge is 0.253 e. The topological polar surface area (TPSA) is 85.1 Å². The molecule has 0 radical (unpaired) electrons. The van der Waals surface area contributed by atoms with Crippen molar-refractivity contribution in [1.82, 2.24) is 9.80 Å². The van der Waals surface area contributed by atoms with Crippen LogP contribution in [-0.4, -0.2) is 67.0 Å². The fraction of sp³-hybridized carbons (Fsp3) is 0.474. The number of fused-ring (bicyclic) bond motifs is 1. The van der Waals surface area contributed by atoms with E-state index in [0.29, 0.717) is 43.3 Å². The lowest BCUT2D eigenvalue weighted by Gasteiger charge is -2.42. The Kier molecular flexibility index (Phi) is 4.91. The van der Waals surface area contributed by atoms with Crippen LogP contribution in [0, 0.1) is 0 Å². The average molecular weight is 359 g/mol. The molecular formula is C19H25N3O4. The van der Waals surface area contributed by atoms with E-state index in [1.807, 2.05) is 43.0 Å². The first kappa shape index (κ1) is 18.3. The number of ether oxygens (including phenoxy) is 2. The highest BCUT2D eigenvalue weighted by atomic mass is 16.5. The Morgan fingerprint density at radius 1 is 1.19 bits per heavy atom. The van der Waals surface area contributed by atoms with Gasteiger partial charge in [0.1, 0.15) is 6.61 Å². The minimum Gasteiger partial charge on any atom is -0.493 e. The zero-order valence-corrected chi connectivity index (χ0v) is 15.4. The van der Waals surface area contributed by atoms with Gasteiger partial charge < -0.3 is 20.1 Å². The molecule has 0 atom stereocenters. The van der Waals surface area contributed by atoms with Crippen LogP contribution in [0.2, 0.25) is 0 Å². The molecule has 2 amide bonds. The maximum Gasteiger partial charge on any atom is 0.253 e. The van der Waals surface area contributed by atoms with Crippen molar-refractivity contribution in [3.8, 4) is 11.5 Å². The molecule has 1 fully saturated rings. The predicted octanol–water partition coefficient (Wildman–Crippen LogP) is 0.879. The number of piperazine rings is 1. The minimum absolute atomic E-state index is 0.0324. The fourth-order valence-electron chi connectivity index (χ4n) is 3.29. The summed E-state index contributed by atoms with van der Waals surface area (Å²) in [7, 11) is 1.59. The van der Waals surface area contributed by atoms with Crippen molar-refractivity contribution in [2.45, 2.75) is 19.4 Å². The van der Waals surface area contributed by atoms with Crippen molar-refractivity contribution in [3.05, 3.63) is 29.3 Å². The number of methoxy groups -OCH3 is 1. The number of primary amides is 1. The summed E-state index contributed by atoms with van der Waals surface area (Å²) < 4.78 is 11.1. The third-order valence-corrected chi connectivity index (χ3v) is 5.17. The van der Waals surface area contributed by atoms with Crippen molar-refractivity contribution in [1.29, 1.82) is 0 Å². The number of nitrogens with two attached hydrogens (primary N) is 1. The number of amides is 2. The molecule has 2 N–H and O–H groups in total. The predicted molar refractivity (Wildman–Crippen MR) is 97.9 cm³/mol. The average Bonchev–Trinajstić information content (AvgIpc) is 2.66. The van der Waals surface area contributed by atoms with E-state index in [4.69, 9.17) is 15.2 Å². The second-order valence-electron chi connectivity index (χ2n) is 7.04. The van der Waals surface area contributed by atoms with Gasteiger partial charge in [0.15, 0.2) is 11.5 Å². The quantitative estimate of drug-likeness (QED) is 0.863. The summed E-state index contributed by atoms with van der Waals surface area (Å²) in [6.07, 6.45) is 1.86. The standard InChI is InChI=1S/C19H25N3O4/c1-19(2,18(20)24)22-9-7-21(8-10-22)17(23)14-11-13-5-4-6-15(25-3)16(13)26-12-14/h4-6,11H,7-10,12H2,1-3H3,(H2,20,24). The molecule has 0 saturated carbocycles. The van der Waals surface area contributed by atoms with Crippen molar-refractivity contribution in [3.63, 3.8) is 0 Å². The Morgan fingerprint density at radius 2 is 1.88 bits per heavy atom. The van der Waals surface area contributed by atoms with E-state index in [-0.39, 0.29) is 18.4 Å². The number of hydrogen-bond acceptors (Lipinski definition) is 5. The Labute approximate surface area is 153 Å². The van der Waals surface area contributed by atoms with Crippen LogP contribution in [0.3, 0.4) is 0 Å². The highest BCUT2D eigenvalue weighted by molar-refractivity contribution is 5.99. The summed E-state index contributed by atoms with van der Waals surface area (Å²) in [6.45, 7) is 6.18. The summed E-state index contributed by atoms with van der Waals surface area (Å²) in [4.78, 5) is 28.3. The Hall–Kier alpha value is -2.54. The van der Waals surface area contributed by atoms with Crippen LogP contribution in [0.5, 0.6) is 11.5 Å². The third kappa shape index (κ3) is 3.26. The third-order valence-electron chi connectivity index (χ3n) is 5.17. The lowest BCUT2D eigenvalue weighted by Crippen LogP contribution is -2.60. The van der Waals surface area contributed by atoms with Crippen LogP contribution in [-0.2, 0) is 9.59 Å². The van der Waals surface area contributed by atoms with Gasteiger partial charge in [-0.25, -0.2) is 0 Å². The first-order chi connectivity index (χ1) is 12.3. The van der Waals surface area contributed by atoms with E-state index in [0.717, 1.165) is 5.56 Å². The van der Waals surface area contributed by atoms with Gasteiger partial charge in [-0.3, -0.25) is 14.5 Å². The van der Waals surface area contributed by atoms with E-state index in [9.17, 15) is 9.59 Å². The summed E-state index contributed by atoms with van der Waals surface area (Å²) in [5.74, 6) is 0.938. The van der Waals surface area contributed by atoms with Crippen LogP contribution < -0.4 is 15.2 Å². The second-order valence-corrected chi connectivity index (χ2v) is 7.04.